The van der Waals surface area contributed by atoms with Crippen LogP contribution in [0.5, 0.6) is 0 Å². The molecule has 0 aliphatic carbocycles. The highest BCUT2D eigenvalue weighted by Gasteiger charge is 2.20. The fourth-order valence-electron chi connectivity index (χ4n) is 1.01. The van der Waals surface area contributed by atoms with Gasteiger partial charge in [-0.25, -0.2) is 8.42 Å². The Morgan fingerprint density at radius 2 is 1.33 bits per heavy atom. The maximum absolute atomic E-state index is 12.0. The van der Waals surface area contributed by atoms with Crippen LogP contribution in [0.15, 0.2) is 32.7 Å². The summed E-state index contributed by atoms with van der Waals surface area (Å²) >= 11 is 13.8. The zero-order chi connectivity index (χ0) is 11.1. The molecule has 0 bridgehead atoms. The second kappa shape index (κ2) is 4.07. The maximum Gasteiger partial charge on any atom is 0.208 e. The van der Waals surface area contributed by atoms with Crippen molar-refractivity contribution in [3.8, 4) is 0 Å². The van der Waals surface area contributed by atoms with E-state index in [2.05, 4.69) is 0 Å². The molecule has 0 fully saturated rings. The standard InChI is InChI=1S/C8H4Cl2O2S3/c9-7-1-5(3-13-7)15(11,12)6-2-8(10)14-4-6/h1-4H. The molecule has 0 aliphatic heterocycles. The molecule has 0 amide bonds. The van der Waals surface area contributed by atoms with E-state index in [0.29, 0.717) is 8.67 Å². The van der Waals surface area contributed by atoms with Gasteiger partial charge in [0.25, 0.3) is 0 Å². The summed E-state index contributed by atoms with van der Waals surface area (Å²) in [6, 6.07) is 2.88. The van der Waals surface area contributed by atoms with Gasteiger partial charge in [0, 0.05) is 10.8 Å². The number of hydrogen-bond donors (Lipinski definition) is 0. The lowest BCUT2D eigenvalue weighted by Crippen LogP contribution is -1.97. The fourth-order valence-corrected chi connectivity index (χ4v) is 4.89. The Kier molecular flexibility index (Phi) is 3.10. The van der Waals surface area contributed by atoms with Gasteiger partial charge in [-0.1, -0.05) is 23.2 Å². The summed E-state index contributed by atoms with van der Waals surface area (Å²) in [5.41, 5.74) is 0. The van der Waals surface area contributed by atoms with Crippen molar-refractivity contribution < 1.29 is 8.42 Å². The lowest BCUT2D eigenvalue weighted by molar-refractivity contribution is 0.597. The van der Waals surface area contributed by atoms with Crippen LogP contribution in [-0.4, -0.2) is 8.42 Å². The number of sulfone groups is 1. The van der Waals surface area contributed by atoms with E-state index in [9.17, 15) is 8.42 Å². The molecular formula is C8H4Cl2O2S3. The molecule has 2 aromatic heterocycles. The molecule has 80 valence electrons. The van der Waals surface area contributed by atoms with Crippen molar-refractivity contribution in [2.75, 3.05) is 0 Å². The minimum absolute atomic E-state index is 0.215. The van der Waals surface area contributed by atoms with E-state index in [-0.39, 0.29) is 9.79 Å². The van der Waals surface area contributed by atoms with E-state index < -0.39 is 9.84 Å². The Hall–Kier alpha value is -0.0700. The largest absolute Gasteiger partial charge is 0.218 e. The van der Waals surface area contributed by atoms with Gasteiger partial charge in [0.2, 0.25) is 9.84 Å². The van der Waals surface area contributed by atoms with E-state index in [1.807, 2.05) is 0 Å². The molecule has 0 saturated heterocycles. The normalized spacial score (nSPS) is 11.9. The second-order valence-electron chi connectivity index (χ2n) is 2.68. The second-order valence-corrected chi connectivity index (χ2v) is 7.71. The molecule has 0 saturated carbocycles. The summed E-state index contributed by atoms with van der Waals surface area (Å²) in [6.07, 6.45) is 0. The molecule has 2 heterocycles. The minimum atomic E-state index is -3.45. The highest BCUT2D eigenvalue weighted by Crippen LogP contribution is 2.31. The van der Waals surface area contributed by atoms with Gasteiger partial charge >= 0.3 is 0 Å². The van der Waals surface area contributed by atoms with Crippen LogP contribution in [-0.2, 0) is 9.84 Å². The predicted molar refractivity (Wildman–Crippen MR) is 64.1 cm³/mol. The summed E-state index contributed by atoms with van der Waals surface area (Å²) in [5, 5.41) is 3.03. The van der Waals surface area contributed by atoms with Crippen LogP contribution in [0.3, 0.4) is 0 Å². The molecule has 0 atom stereocenters. The number of halogens is 2. The molecule has 2 nitrogen and oxygen atoms in total. The summed E-state index contributed by atoms with van der Waals surface area (Å²) < 4.78 is 24.8. The molecular weight excluding hydrogens is 295 g/mol. The third-order valence-corrected chi connectivity index (χ3v) is 5.90. The van der Waals surface area contributed by atoms with Crippen LogP contribution >= 0.6 is 45.9 Å². The number of thiophene rings is 2. The quantitative estimate of drug-likeness (QED) is 0.841. The Morgan fingerprint density at radius 3 is 1.60 bits per heavy atom. The van der Waals surface area contributed by atoms with Crippen molar-refractivity contribution in [1.29, 1.82) is 0 Å². The molecule has 7 heteroatoms. The highest BCUT2D eigenvalue weighted by molar-refractivity contribution is 7.91. The van der Waals surface area contributed by atoms with Gasteiger partial charge in [0.1, 0.15) is 0 Å². The van der Waals surface area contributed by atoms with Crippen LogP contribution in [0, 0.1) is 0 Å². The van der Waals surface area contributed by atoms with E-state index >= 15 is 0 Å². The molecule has 2 rings (SSSR count). The van der Waals surface area contributed by atoms with E-state index in [0.717, 1.165) is 0 Å². The Labute approximate surface area is 105 Å². The topological polar surface area (TPSA) is 34.1 Å². The molecule has 0 N–H and O–H groups in total. The molecule has 0 aliphatic rings. The molecule has 0 spiro atoms. The lowest BCUT2D eigenvalue weighted by atomic mass is 10.7. The van der Waals surface area contributed by atoms with Crippen LogP contribution in [0.2, 0.25) is 8.67 Å². The van der Waals surface area contributed by atoms with Gasteiger partial charge in [-0.3, -0.25) is 0 Å². The van der Waals surface area contributed by atoms with Gasteiger partial charge < -0.3 is 0 Å². The zero-order valence-corrected chi connectivity index (χ0v) is 11.1. The van der Waals surface area contributed by atoms with Crippen LogP contribution in [0.4, 0.5) is 0 Å². The van der Waals surface area contributed by atoms with Crippen LogP contribution < -0.4 is 0 Å². The summed E-state index contributed by atoms with van der Waals surface area (Å²) in [6.45, 7) is 0. The van der Waals surface area contributed by atoms with Crippen molar-refractivity contribution in [2.45, 2.75) is 9.79 Å². The van der Waals surface area contributed by atoms with Gasteiger partial charge in [-0.05, 0) is 12.1 Å². The summed E-state index contributed by atoms with van der Waals surface area (Å²) in [7, 11) is -3.45. The Bertz CT molecular complexity index is 536. The summed E-state index contributed by atoms with van der Waals surface area (Å²) in [5.74, 6) is 0. The van der Waals surface area contributed by atoms with Crippen LogP contribution in [0.1, 0.15) is 0 Å². The molecule has 15 heavy (non-hydrogen) atoms. The zero-order valence-electron chi connectivity index (χ0n) is 7.11. The lowest BCUT2D eigenvalue weighted by Gasteiger charge is -1.96. The van der Waals surface area contributed by atoms with Crippen LogP contribution in [0.25, 0.3) is 0 Å². The van der Waals surface area contributed by atoms with Gasteiger partial charge in [-0.15, -0.1) is 22.7 Å². The molecule has 0 unspecified atom stereocenters. The maximum atomic E-state index is 12.0. The van der Waals surface area contributed by atoms with Crippen molar-refractivity contribution in [2.24, 2.45) is 0 Å². The average molecular weight is 299 g/mol. The number of rotatable bonds is 2. The smallest absolute Gasteiger partial charge is 0.208 e. The minimum Gasteiger partial charge on any atom is -0.218 e. The third kappa shape index (κ3) is 2.21. The summed E-state index contributed by atoms with van der Waals surface area (Å²) in [4.78, 5) is 0.430. The SMILES string of the molecule is O=S(=O)(c1csc(Cl)c1)c1csc(Cl)c1. The van der Waals surface area contributed by atoms with Crippen molar-refractivity contribution in [3.05, 3.63) is 31.6 Å². The third-order valence-electron chi connectivity index (χ3n) is 1.71. The van der Waals surface area contributed by atoms with Crippen molar-refractivity contribution >= 4 is 55.7 Å². The first-order chi connectivity index (χ1) is 7.00. The van der Waals surface area contributed by atoms with E-state index in [4.69, 9.17) is 23.2 Å². The Balaban J connectivity index is 2.53. The van der Waals surface area contributed by atoms with Crippen molar-refractivity contribution in [3.63, 3.8) is 0 Å². The van der Waals surface area contributed by atoms with Gasteiger partial charge in [-0.2, -0.15) is 0 Å². The highest BCUT2D eigenvalue weighted by atomic mass is 35.5. The molecule has 2 aromatic rings. The van der Waals surface area contributed by atoms with Gasteiger partial charge in [0.05, 0.1) is 18.5 Å². The van der Waals surface area contributed by atoms with E-state index in [1.165, 1.54) is 45.6 Å². The first-order valence-electron chi connectivity index (χ1n) is 3.73. The first kappa shape index (κ1) is 11.4. The Morgan fingerprint density at radius 1 is 0.933 bits per heavy atom. The molecule has 0 radical (unpaired) electrons. The molecule has 0 aromatic carbocycles. The first-order valence-corrected chi connectivity index (χ1v) is 7.73. The average Bonchev–Trinajstić information content (AvgIpc) is 2.74. The fraction of sp³-hybridized carbons (Fsp3) is 0. The monoisotopic (exact) mass is 298 g/mol. The predicted octanol–water partition coefficient (Wildman–Crippen LogP) is 3.95. The van der Waals surface area contributed by atoms with Gasteiger partial charge in [0.15, 0.2) is 0 Å². The number of hydrogen-bond acceptors (Lipinski definition) is 4. The van der Waals surface area contributed by atoms with Crippen molar-refractivity contribution in [1.82, 2.24) is 0 Å². The van der Waals surface area contributed by atoms with E-state index in [1.54, 1.807) is 0 Å².